The van der Waals surface area contributed by atoms with Gasteiger partial charge in [-0.2, -0.15) is 5.10 Å². The molecule has 5 rings (SSSR count). The molecule has 1 amide bonds. The van der Waals surface area contributed by atoms with E-state index >= 15 is 0 Å². The maximum absolute atomic E-state index is 12.8. The van der Waals surface area contributed by atoms with Crippen LogP contribution in [0, 0.1) is 5.92 Å². The number of hydrogen-bond acceptors (Lipinski definition) is 4. The van der Waals surface area contributed by atoms with Crippen molar-refractivity contribution >= 4 is 22.5 Å². The van der Waals surface area contributed by atoms with E-state index in [1.807, 2.05) is 23.0 Å². The molecule has 0 aliphatic heterocycles. The van der Waals surface area contributed by atoms with E-state index in [-0.39, 0.29) is 24.1 Å². The summed E-state index contributed by atoms with van der Waals surface area (Å²) in [7, 11) is 0. The Morgan fingerprint density at radius 2 is 1.87 bits per heavy atom. The molecule has 3 aromatic rings. The Balaban J connectivity index is 1.32. The Labute approximate surface area is 180 Å². The highest BCUT2D eigenvalue weighted by atomic mass is 16.3. The summed E-state index contributed by atoms with van der Waals surface area (Å²) in [6.07, 6.45) is 11.1. The van der Waals surface area contributed by atoms with Crippen LogP contribution in [0.25, 0.3) is 10.9 Å². The molecule has 2 fully saturated rings. The Hall–Kier alpha value is -2.93. The molecule has 0 spiro atoms. The predicted molar refractivity (Wildman–Crippen MR) is 119 cm³/mol. The lowest BCUT2D eigenvalue weighted by atomic mass is 9.84. The second-order valence-corrected chi connectivity index (χ2v) is 8.89. The zero-order chi connectivity index (χ0) is 21.4. The number of aromatic nitrogens is 3. The van der Waals surface area contributed by atoms with Crippen LogP contribution in [-0.2, 0) is 0 Å². The molecule has 0 saturated heterocycles. The average molecular weight is 421 g/mol. The van der Waals surface area contributed by atoms with Gasteiger partial charge in [0, 0.05) is 36.0 Å². The van der Waals surface area contributed by atoms with Crippen LogP contribution in [-0.4, -0.2) is 32.0 Å². The third-order valence-electron chi connectivity index (χ3n) is 6.67. The van der Waals surface area contributed by atoms with Gasteiger partial charge in [-0.05, 0) is 81.2 Å². The molecule has 2 aliphatic carbocycles. The van der Waals surface area contributed by atoms with Crippen molar-refractivity contribution in [3.8, 4) is 0 Å². The van der Waals surface area contributed by atoms with Crippen LogP contribution in [0.3, 0.4) is 0 Å². The maximum atomic E-state index is 12.8. The van der Waals surface area contributed by atoms with Crippen LogP contribution in [0.5, 0.6) is 0 Å². The number of amides is 1. The Morgan fingerprint density at radius 1 is 1.10 bits per heavy atom. The summed E-state index contributed by atoms with van der Waals surface area (Å²) < 4.78 is 3.74. The van der Waals surface area contributed by atoms with Crippen LogP contribution < -0.4 is 10.9 Å². The zero-order valence-corrected chi connectivity index (χ0v) is 17.5. The highest BCUT2D eigenvalue weighted by Gasteiger charge is 2.25. The number of carbonyl (C=O) groups excluding carboxylic acids is 1. The number of anilines is 1. The number of nitrogens with zero attached hydrogens (tertiary/aromatic N) is 3. The van der Waals surface area contributed by atoms with Gasteiger partial charge in [0.05, 0.1) is 11.6 Å². The summed E-state index contributed by atoms with van der Waals surface area (Å²) in [4.78, 5) is 25.4. The summed E-state index contributed by atoms with van der Waals surface area (Å²) in [5.41, 5.74) is 1.55. The zero-order valence-electron chi connectivity index (χ0n) is 17.5. The number of hydrogen-bond donors (Lipinski definition) is 2. The SMILES string of the molecule is O=C(Nc1cccn(C2CC2)c1=O)c1ccc2nn(C3CCC(CCO)CC3)cc2c1. The van der Waals surface area contributed by atoms with Gasteiger partial charge in [0.15, 0.2) is 0 Å². The quantitative estimate of drug-likeness (QED) is 0.633. The number of benzene rings is 1. The van der Waals surface area contributed by atoms with E-state index < -0.39 is 0 Å². The number of nitrogens with one attached hydrogen (secondary N) is 1. The molecular formula is C24H28N4O3. The van der Waals surface area contributed by atoms with E-state index in [9.17, 15) is 9.59 Å². The number of aliphatic hydroxyl groups is 1. The summed E-state index contributed by atoms with van der Waals surface area (Å²) in [6, 6.07) is 9.56. The van der Waals surface area contributed by atoms with Gasteiger partial charge in [-0.3, -0.25) is 14.3 Å². The lowest BCUT2D eigenvalue weighted by Crippen LogP contribution is -2.24. The van der Waals surface area contributed by atoms with Gasteiger partial charge in [0.25, 0.3) is 11.5 Å². The van der Waals surface area contributed by atoms with Gasteiger partial charge in [-0.1, -0.05) is 0 Å². The van der Waals surface area contributed by atoms with Crippen LogP contribution in [0.1, 0.15) is 67.4 Å². The minimum atomic E-state index is -0.287. The molecule has 2 aromatic heterocycles. The second-order valence-electron chi connectivity index (χ2n) is 8.89. The first-order valence-electron chi connectivity index (χ1n) is 11.2. The van der Waals surface area contributed by atoms with Crippen molar-refractivity contribution < 1.29 is 9.90 Å². The van der Waals surface area contributed by atoms with E-state index in [2.05, 4.69) is 5.32 Å². The second kappa shape index (κ2) is 8.30. The van der Waals surface area contributed by atoms with E-state index in [0.717, 1.165) is 55.8 Å². The number of rotatable bonds is 6. The number of fused-ring (bicyclic) bond motifs is 1. The van der Waals surface area contributed by atoms with Crippen molar-refractivity contribution in [2.45, 2.75) is 57.0 Å². The molecule has 1 aromatic carbocycles. The third kappa shape index (κ3) is 4.14. The number of pyridine rings is 1. The first-order chi connectivity index (χ1) is 15.1. The Bertz CT molecular complexity index is 1150. The Kier molecular flexibility index (Phi) is 5.36. The molecule has 2 aliphatic rings. The lowest BCUT2D eigenvalue weighted by Gasteiger charge is -2.28. The minimum Gasteiger partial charge on any atom is -0.396 e. The maximum Gasteiger partial charge on any atom is 0.274 e. The van der Waals surface area contributed by atoms with Crippen LogP contribution in [0.4, 0.5) is 5.69 Å². The van der Waals surface area contributed by atoms with Crippen LogP contribution in [0.15, 0.2) is 47.5 Å². The first-order valence-corrected chi connectivity index (χ1v) is 11.2. The highest BCUT2D eigenvalue weighted by Crippen LogP contribution is 2.34. The van der Waals surface area contributed by atoms with Gasteiger partial charge >= 0.3 is 0 Å². The van der Waals surface area contributed by atoms with Crippen molar-refractivity contribution in [3.05, 3.63) is 58.6 Å². The molecule has 7 nitrogen and oxygen atoms in total. The Morgan fingerprint density at radius 3 is 2.61 bits per heavy atom. The molecular weight excluding hydrogens is 392 g/mol. The van der Waals surface area contributed by atoms with Crippen LogP contribution >= 0.6 is 0 Å². The van der Waals surface area contributed by atoms with Gasteiger partial charge in [-0.15, -0.1) is 0 Å². The average Bonchev–Trinajstić information content (AvgIpc) is 3.53. The van der Waals surface area contributed by atoms with E-state index in [4.69, 9.17) is 10.2 Å². The fraction of sp³-hybridized carbons (Fsp3) is 0.458. The molecule has 2 heterocycles. The fourth-order valence-corrected chi connectivity index (χ4v) is 4.69. The van der Waals surface area contributed by atoms with Crippen molar-refractivity contribution in [1.29, 1.82) is 0 Å². The molecule has 2 N–H and O–H groups in total. The monoisotopic (exact) mass is 420 g/mol. The summed E-state index contributed by atoms with van der Waals surface area (Å²) in [6.45, 7) is 0.267. The van der Waals surface area contributed by atoms with Crippen molar-refractivity contribution in [2.75, 3.05) is 11.9 Å². The standard InChI is InChI=1S/C24H28N4O3/c29-13-11-16-3-6-20(7-4-16)28-15-18-14-17(5-10-21(18)26-28)23(30)25-22-2-1-12-27(24(22)31)19-8-9-19/h1-2,5,10,12,14-16,19-20,29H,3-4,6-9,11,13H2,(H,25,30). The van der Waals surface area contributed by atoms with E-state index in [0.29, 0.717) is 23.2 Å². The number of carbonyl (C=O) groups is 1. The third-order valence-corrected chi connectivity index (χ3v) is 6.67. The molecule has 0 unspecified atom stereocenters. The number of aliphatic hydroxyl groups excluding tert-OH is 1. The van der Waals surface area contributed by atoms with Gasteiger partial charge < -0.3 is 15.0 Å². The van der Waals surface area contributed by atoms with Gasteiger partial charge in [-0.25, -0.2) is 0 Å². The molecule has 7 heteroatoms. The molecule has 0 radical (unpaired) electrons. The van der Waals surface area contributed by atoms with Crippen molar-refractivity contribution in [3.63, 3.8) is 0 Å². The van der Waals surface area contributed by atoms with Gasteiger partial charge in [0.2, 0.25) is 0 Å². The topological polar surface area (TPSA) is 89.2 Å². The van der Waals surface area contributed by atoms with Crippen molar-refractivity contribution in [2.24, 2.45) is 5.92 Å². The highest BCUT2D eigenvalue weighted by molar-refractivity contribution is 6.06. The lowest BCUT2D eigenvalue weighted by molar-refractivity contribution is 0.102. The summed E-state index contributed by atoms with van der Waals surface area (Å²) in [5, 5.41) is 17.6. The molecule has 2 saturated carbocycles. The fourth-order valence-electron chi connectivity index (χ4n) is 4.69. The minimum absolute atomic E-state index is 0.149. The molecule has 31 heavy (non-hydrogen) atoms. The summed E-state index contributed by atoms with van der Waals surface area (Å²) in [5.74, 6) is 0.328. The van der Waals surface area contributed by atoms with E-state index in [1.54, 1.807) is 29.0 Å². The predicted octanol–water partition coefficient (Wildman–Crippen LogP) is 3.90. The van der Waals surface area contributed by atoms with Crippen molar-refractivity contribution in [1.82, 2.24) is 14.3 Å². The van der Waals surface area contributed by atoms with E-state index in [1.165, 1.54) is 0 Å². The largest absolute Gasteiger partial charge is 0.396 e. The molecule has 0 bridgehead atoms. The molecule has 162 valence electrons. The smallest absolute Gasteiger partial charge is 0.274 e. The normalized spacial score (nSPS) is 21.3. The first kappa shape index (κ1) is 20.0. The van der Waals surface area contributed by atoms with Crippen LogP contribution in [0.2, 0.25) is 0 Å². The molecule has 0 atom stereocenters. The van der Waals surface area contributed by atoms with Gasteiger partial charge in [0.1, 0.15) is 5.69 Å². The summed E-state index contributed by atoms with van der Waals surface area (Å²) >= 11 is 0.